The zero-order valence-electron chi connectivity index (χ0n) is 13.8. The largest absolute Gasteiger partial charge is 0.461 e. The van der Waals surface area contributed by atoms with Gasteiger partial charge in [-0.25, -0.2) is 4.98 Å². The summed E-state index contributed by atoms with van der Waals surface area (Å²) in [4.78, 5) is 19.1. The van der Waals surface area contributed by atoms with Crippen molar-refractivity contribution in [1.82, 2.24) is 24.7 Å². The number of aromatic nitrogens is 5. The molecule has 11 heteroatoms. The molecule has 1 fully saturated rings. The van der Waals surface area contributed by atoms with Gasteiger partial charge in [-0.1, -0.05) is 0 Å². The Morgan fingerprint density at radius 3 is 2.96 bits per heavy atom. The molecule has 0 aromatic carbocycles. The summed E-state index contributed by atoms with van der Waals surface area (Å²) in [5.74, 6) is 1.47. The van der Waals surface area contributed by atoms with Gasteiger partial charge in [-0.3, -0.25) is 14.7 Å². The van der Waals surface area contributed by atoms with E-state index in [-0.39, 0.29) is 17.5 Å². The Bertz CT molecular complexity index is 937. The van der Waals surface area contributed by atoms with Crippen molar-refractivity contribution in [3.05, 3.63) is 34.7 Å². The summed E-state index contributed by atoms with van der Waals surface area (Å²) in [5.41, 5.74) is -0.130. The van der Waals surface area contributed by atoms with E-state index in [0.29, 0.717) is 28.4 Å². The summed E-state index contributed by atoms with van der Waals surface area (Å²) in [6.45, 7) is 2.60. The van der Waals surface area contributed by atoms with Gasteiger partial charge in [0.05, 0.1) is 11.2 Å². The van der Waals surface area contributed by atoms with Gasteiger partial charge in [0, 0.05) is 12.6 Å². The number of hydrogen-bond acceptors (Lipinski definition) is 9. The Hall–Kier alpha value is -2.95. The second-order valence-corrected chi connectivity index (χ2v) is 6.63. The standard InChI is InChI=1S/C15H15N7O3S/c1-2-21-13(11-4-3-7-25-11)19-20-15(21)26-14-16-8-10(22(23)24)12(18-14)17-9-5-6-9/h3-4,7-9H,2,5-6H2,1H3,(H,16,17,18). The summed E-state index contributed by atoms with van der Waals surface area (Å²) in [6, 6.07) is 3.84. The average Bonchev–Trinajstić information content (AvgIpc) is 3.11. The molecule has 0 aliphatic heterocycles. The minimum Gasteiger partial charge on any atom is -0.461 e. The van der Waals surface area contributed by atoms with Crippen LogP contribution < -0.4 is 5.32 Å². The molecular weight excluding hydrogens is 358 g/mol. The Kier molecular flexibility index (Phi) is 4.29. The predicted molar refractivity (Wildman–Crippen MR) is 92.9 cm³/mol. The molecule has 3 heterocycles. The third-order valence-electron chi connectivity index (χ3n) is 3.82. The Morgan fingerprint density at radius 2 is 2.31 bits per heavy atom. The van der Waals surface area contributed by atoms with Gasteiger partial charge in [-0.05, 0) is 43.7 Å². The summed E-state index contributed by atoms with van der Waals surface area (Å²) in [7, 11) is 0. The van der Waals surface area contributed by atoms with Crippen LogP contribution in [0, 0.1) is 10.1 Å². The van der Waals surface area contributed by atoms with Crippen LogP contribution in [0.25, 0.3) is 11.6 Å². The van der Waals surface area contributed by atoms with Crippen LogP contribution in [0.2, 0.25) is 0 Å². The molecule has 1 aliphatic carbocycles. The van der Waals surface area contributed by atoms with Gasteiger partial charge in [-0.2, -0.15) is 4.98 Å². The molecule has 3 aromatic heterocycles. The second-order valence-electron chi connectivity index (χ2n) is 5.69. The monoisotopic (exact) mass is 373 g/mol. The number of nitrogens with zero attached hydrogens (tertiary/aromatic N) is 6. The smallest absolute Gasteiger partial charge is 0.329 e. The van der Waals surface area contributed by atoms with E-state index in [4.69, 9.17) is 4.42 Å². The molecule has 0 atom stereocenters. The van der Waals surface area contributed by atoms with E-state index in [9.17, 15) is 10.1 Å². The van der Waals surface area contributed by atoms with Crippen molar-refractivity contribution < 1.29 is 9.34 Å². The zero-order chi connectivity index (χ0) is 18.1. The van der Waals surface area contributed by atoms with Crippen molar-refractivity contribution in [3.8, 4) is 11.6 Å². The summed E-state index contributed by atoms with van der Waals surface area (Å²) >= 11 is 1.20. The molecule has 3 aromatic rings. The number of nitro groups is 1. The Balaban J connectivity index is 1.64. The highest BCUT2D eigenvalue weighted by Crippen LogP contribution is 2.32. The summed E-state index contributed by atoms with van der Waals surface area (Å²) in [6.07, 6.45) is 4.77. The molecule has 0 spiro atoms. The number of nitrogens with one attached hydrogen (secondary N) is 1. The molecule has 134 valence electrons. The maximum Gasteiger partial charge on any atom is 0.329 e. The third kappa shape index (κ3) is 3.25. The van der Waals surface area contributed by atoms with Crippen LogP contribution in [0.3, 0.4) is 0 Å². The molecule has 0 radical (unpaired) electrons. The van der Waals surface area contributed by atoms with Crippen molar-refractivity contribution in [2.75, 3.05) is 5.32 Å². The van der Waals surface area contributed by atoms with E-state index >= 15 is 0 Å². The van der Waals surface area contributed by atoms with E-state index in [1.54, 1.807) is 12.3 Å². The normalized spacial score (nSPS) is 13.7. The lowest BCUT2D eigenvalue weighted by Gasteiger charge is -2.07. The molecule has 0 amide bonds. The number of hydrogen-bond donors (Lipinski definition) is 1. The van der Waals surface area contributed by atoms with Gasteiger partial charge in [-0.15, -0.1) is 10.2 Å². The maximum atomic E-state index is 11.2. The number of furan rings is 1. The van der Waals surface area contributed by atoms with Crippen LogP contribution in [0.5, 0.6) is 0 Å². The van der Waals surface area contributed by atoms with Crippen LogP contribution in [0.1, 0.15) is 19.8 Å². The maximum absolute atomic E-state index is 11.2. The molecule has 0 saturated heterocycles. The van der Waals surface area contributed by atoms with Crippen molar-refractivity contribution >= 4 is 23.3 Å². The SMILES string of the molecule is CCn1c(Sc2ncc([N+](=O)[O-])c(NC3CC3)n2)nnc1-c1ccco1. The second kappa shape index (κ2) is 6.75. The summed E-state index contributed by atoms with van der Waals surface area (Å²) < 4.78 is 7.27. The van der Waals surface area contributed by atoms with Crippen molar-refractivity contribution in [2.45, 2.75) is 42.7 Å². The first-order valence-corrected chi connectivity index (χ1v) is 8.90. The van der Waals surface area contributed by atoms with E-state index in [2.05, 4.69) is 25.5 Å². The molecule has 0 unspecified atom stereocenters. The fourth-order valence-corrected chi connectivity index (χ4v) is 3.20. The van der Waals surface area contributed by atoms with Crippen LogP contribution in [-0.2, 0) is 6.54 Å². The zero-order valence-corrected chi connectivity index (χ0v) is 14.6. The predicted octanol–water partition coefficient (Wildman–Crippen LogP) is 2.98. The van der Waals surface area contributed by atoms with E-state index in [1.165, 1.54) is 18.0 Å². The van der Waals surface area contributed by atoms with Crippen molar-refractivity contribution in [1.29, 1.82) is 0 Å². The molecule has 10 nitrogen and oxygen atoms in total. The van der Waals surface area contributed by atoms with Crippen molar-refractivity contribution in [2.24, 2.45) is 0 Å². The lowest BCUT2D eigenvalue weighted by atomic mass is 10.4. The molecule has 1 saturated carbocycles. The fraction of sp³-hybridized carbons (Fsp3) is 0.333. The van der Waals surface area contributed by atoms with E-state index in [0.717, 1.165) is 12.8 Å². The fourth-order valence-electron chi connectivity index (χ4n) is 2.39. The van der Waals surface area contributed by atoms with Gasteiger partial charge >= 0.3 is 5.69 Å². The van der Waals surface area contributed by atoms with Gasteiger partial charge in [0.15, 0.2) is 21.9 Å². The lowest BCUT2D eigenvalue weighted by molar-refractivity contribution is -0.384. The van der Waals surface area contributed by atoms with Gasteiger partial charge in [0.1, 0.15) is 6.20 Å². The highest BCUT2D eigenvalue weighted by molar-refractivity contribution is 7.99. The molecule has 4 rings (SSSR count). The van der Waals surface area contributed by atoms with Crippen LogP contribution in [0.4, 0.5) is 11.5 Å². The minimum atomic E-state index is -0.483. The van der Waals surface area contributed by atoms with Gasteiger partial charge in [0.2, 0.25) is 5.82 Å². The molecule has 26 heavy (non-hydrogen) atoms. The first-order valence-electron chi connectivity index (χ1n) is 8.08. The topological polar surface area (TPSA) is 125 Å². The highest BCUT2D eigenvalue weighted by atomic mass is 32.2. The minimum absolute atomic E-state index is 0.130. The molecular formula is C15H15N7O3S. The molecule has 1 aliphatic rings. The van der Waals surface area contributed by atoms with E-state index < -0.39 is 4.92 Å². The Morgan fingerprint density at radius 1 is 1.46 bits per heavy atom. The van der Waals surface area contributed by atoms with Gasteiger partial charge < -0.3 is 9.73 Å². The molecule has 0 bridgehead atoms. The average molecular weight is 373 g/mol. The number of anilines is 1. The number of rotatable bonds is 7. The third-order valence-corrected chi connectivity index (χ3v) is 4.68. The van der Waals surface area contributed by atoms with Crippen LogP contribution in [-0.4, -0.2) is 35.7 Å². The lowest BCUT2D eigenvalue weighted by Crippen LogP contribution is -2.08. The Labute approximate surface area is 152 Å². The first kappa shape index (κ1) is 16.5. The molecule has 1 N–H and O–H groups in total. The quantitative estimate of drug-likeness (QED) is 0.378. The highest BCUT2D eigenvalue weighted by Gasteiger charge is 2.27. The van der Waals surface area contributed by atoms with Crippen LogP contribution >= 0.6 is 11.8 Å². The first-order chi connectivity index (χ1) is 12.7. The summed E-state index contributed by atoms with van der Waals surface area (Å²) in [5, 5.41) is 23.6. The van der Waals surface area contributed by atoms with Crippen LogP contribution in [0.15, 0.2) is 39.3 Å². The van der Waals surface area contributed by atoms with E-state index in [1.807, 2.05) is 17.6 Å². The van der Waals surface area contributed by atoms with Gasteiger partial charge in [0.25, 0.3) is 0 Å². The van der Waals surface area contributed by atoms with Crippen molar-refractivity contribution in [3.63, 3.8) is 0 Å².